The second kappa shape index (κ2) is 72.4. The number of esters is 2. The molecule has 124 heavy (non-hydrogen) atoms. The standard InChI is InChI=1S/C22H23Cl3N4.C17H15Cl2N3.C8H12N2O2.C7H12N2O3S.C6H9IN2.C6H10N2O.C5H9BrO2.C3H4N2.C3H5N.CH3ClO2S.CH2O3.HI.2K.Na.H/c1-16(29-10-2-9-26-29)14-27-11-12-28(21-8-7-19(24)13-20(21)25)22(15-27)17-3-5-18(23)6-4-17;18-14-4-2-13(3-5-14)17-11-21-7-8-22(17)16-6-1-12(10-20)9-15(16)19;1-3-12-8(11)7(2)10-6-4-5-9-10;1-7(6-12-13(2,10)11)9-5-3-4-8-9;1-6(5-7)9-4-2-3-8-9;1-6(5-9)8-4-2-3-7-8;1-3-8-5(7)4(2)6;1-2-4-5-3-1;1-2-3-4;1-5(2,3)4;2-1-4-3;;;;;/h2-10,13,16,22H,11-12,14-15H2,1H3;1-6,9,17,21H,7-8,11H2;4-7H,3H2,1-2H3;3-5,7H,6H2,1-2H3;2-4,6H,5H2,1H3;2-4,6,9H,5H2,1H3;4H,3H2,1-2H3;1-3H,(H,4,5);2H2,1H3;1H3;1,3H;1H;;;;/q;;;;;;;;;;;;3*+1;-1/p-2/t16?,22-;17-;;;;;;;;;;;;;;/m00............../s1. The van der Waals surface area contributed by atoms with Crippen molar-refractivity contribution in [2.45, 2.75) is 116 Å². The second-order valence-corrected chi connectivity index (χ2v) is 34.5. The summed E-state index contributed by atoms with van der Waals surface area (Å²) in [6.07, 6.45) is 24.0. The SMILES string of the molecule is CC(CI)n1cccn1.CC(CN1CCN(c2ccc(Cl)cc2Cl)[C@H](c2ccc(Cl)cc2)C1)n1cccn1.CC(CO)n1cccn1.CC(COS(C)(=O)=O)n1cccn1.CCC#N.CCOC(=O)C(C)Br.CCOC(=O)C(C)n1cccn1.CS(=O)(=O)Cl.N#Cc1ccc(N2CCNC[C@H]2c2ccc(Cl)cc2)c(Cl)c1.O=CO[O-].[H-].[I-].[K+].[K+].[Na+].c1cn[nH]c1. The Morgan fingerprint density at radius 1 is 0.645 bits per heavy atom. The number of hydrogen-bond donors (Lipinski definition) is 3. The number of nitriles is 2. The third kappa shape index (κ3) is 53.9. The Labute approximate surface area is 905 Å². The zero-order chi connectivity index (χ0) is 89.6. The van der Waals surface area contributed by atoms with Gasteiger partial charge in [-0.3, -0.25) is 47.2 Å². The van der Waals surface area contributed by atoms with Gasteiger partial charge in [0.05, 0.1) is 114 Å². The van der Waals surface area contributed by atoms with E-state index >= 15 is 0 Å². The second-order valence-electron chi connectivity index (χ2n) is 25.5. The number of piperazine rings is 2. The van der Waals surface area contributed by atoms with Gasteiger partial charge < -0.3 is 65.2 Å². The summed E-state index contributed by atoms with van der Waals surface area (Å²) in [5.74, 6) is -0.450. The summed E-state index contributed by atoms with van der Waals surface area (Å²) < 4.78 is 64.2. The molecule has 2 aliphatic rings. The predicted molar refractivity (Wildman–Crippen MR) is 482 cm³/mol. The van der Waals surface area contributed by atoms with Crippen molar-refractivity contribution in [3.8, 4) is 12.1 Å². The van der Waals surface area contributed by atoms with Crippen molar-refractivity contribution >= 4 is 156 Å². The number of aromatic nitrogens is 12. The Kier molecular flexibility index (Phi) is 72.9. The molecule has 8 atom stereocenters. The smallest absolute Gasteiger partial charge is 1.00 e. The van der Waals surface area contributed by atoms with Crippen molar-refractivity contribution in [3.05, 3.63) is 237 Å². The molecule has 45 heteroatoms. The number of halogens is 9. The molecule has 0 amide bonds. The Morgan fingerprint density at radius 3 is 1.44 bits per heavy atom. The van der Waals surface area contributed by atoms with Crippen LogP contribution in [0, 0.1) is 22.7 Å². The molecule has 666 valence electrons. The quantitative estimate of drug-likeness (QED) is 0.0107. The summed E-state index contributed by atoms with van der Waals surface area (Å²) in [7, 11) is -2.04. The van der Waals surface area contributed by atoms with Crippen LogP contribution >= 0.6 is 107 Å². The van der Waals surface area contributed by atoms with Crippen LogP contribution in [0.4, 0.5) is 11.4 Å². The van der Waals surface area contributed by atoms with Gasteiger partial charge in [0.15, 0.2) is 0 Å². The number of benzene rings is 4. The molecule has 6 aromatic heterocycles. The molecule has 10 aromatic rings. The number of aromatic amines is 1. The monoisotopic (exact) mass is 2220 g/mol. The van der Waals surface area contributed by atoms with Crippen LogP contribution in [0.15, 0.2) is 196 Å². The van der Waals surface area contributed by atoms with E-state index in [0.29, 0.717) is 52.3 Å². The number of hydrogen-bond acceptors (Lipinski definition) is 25. The third-order valence-electron chi connectivity index (χ3n) is 16.0. The average molecular weight is 2230 g/mol. The van der Waals surface area contributed by atoms with Crippen LogP contribution < -0.4 is 177 Å². The molecule has 3 N–H and O–H groups in total. The van der Waals surface area contributed by atoms with E-state index in [2.05, 4.69) is 151 Å². The molecule has 0 bridgehead atoms. The number of carbonyl (C=O) groups excluding carboxylic acids is 3. The van der Waals surface area contributed by atoms with Crippen LogP contribution in [0.25, 0.3) is 0 Å². The van der Waals surface area contributed by atoms with Gasteiger partial charge >= 0.3 is 144 Å². The number of alkyl halides is 2. The van der Waals surface area contributed by atoms with Crippen molar-refractivity contribution in [2.75, 3.05) is 99.0 Å². The van der Waals surface area contributed by atoms with E-state index in [1.54, 1.807) is 103 Å². The molecule has 2 fully saturated rings. The number of rotatable bonds is 21. The van der Waals surface area contributed by atoms with Crippen LogP contribution in [-0.2, 0) is 52.1 Å². The van der Waals surface area contributed by atoms with Gasteiger partial charge in [-0.25, -0.2) is 13.2 Å². The van der Waals surface area contributed by atoms with Gasteiger partial charge in [0.1, 0.15) is 10.9 Å². The zero-order valence-electron chi connectivity index (χ0n) is 72.6. The van der Waals surface area contributed by atoms with E-state index in [1.807, 2.05) is 158 Å². The minimum Gasteiger partial charge on any atom is -1.00 e. The minimum atomic E-state index is -3.35. The number of nitrogens with one attached hydrogen (secondary N) is 2. The molecule has 6 unspecified atom stereocenters. The number of nitrogens with zero attached hydrogens (tertiary/aromatic N) is 16. The van der Waals surface area contributed by atoms with Gasteiger partial charge in [-0.05, 0) is 164 Å². The maximum Gasteiger partial charge on any atom is 1.00 e. The first-order chi connectivity index (χ1) is 57.1. The number of carbonyl (C=O) groups is 3. The van der Waals surface area contributed by atoms with E-state index in [9.17, 15) is 26.4 Å². The normalized spacial score (nSPS) is 14.2. The largest absolute Gasteiger partial charge is 1.00 e. The van der Waals surface area contributed by atoms with E-state index in [4.69, 9.17) is 88.4 Å². The minimum absolute atomic E-state index is 0. The fraction of sp³-hybridized carbons (Fsp3) is 0.405. The first-order valence-corrected chi connectivity index (χ1v) is 46.0. The summed E-state index contributed by atoms with van der Waals surface area (Å²) in [5.41, 5.74) is 4.96. The number of H-pyrrole nitrogens is 1. The van der Waals surface area contributed by atoms with Gasteiger partial charge in [0.2, 0.25) is 9.05 Å². The maximum absolute atomic E-state index is 11.2. The molecule has 0 radical (unpaired) electrons. The molecule has 12 rings (SSSR count). The average Bonchev–Trinajstić information content (AvgIpc) is 1.18. The van der Waals surface area contributed by atoms with E-state index in [0.717, 1.165) is 84.2 Å². The van der Waals surface area contributed by atoms with Gasteiger partial charge in [0.25, 0.3) is 16.6 Å². The first-order valence-electron chi connectivity index (χ1n) is 37.1. The van der Waals surface area contributed by atoms with E-state index in [1.165, 1.54) is 11.1 Å². The topological polar surface area (TPSA) is 387 Å². The maximum atomic E-state index is 11.2. The molecule has 0 saturated carbocycles. The molecule has 4 aromatic carbocycles. The van der Waals surface area contributed by atoms with Gasteiger partial charge in [-0.2, -0.15) is 49.5 Å². The number of ether oxygens (including phenoxy) is 2. The zero-order valence-corrected chi connectivity index (χ0v) is 91.9. The molecule has 8 heterocycles. The van der Waals surface area contributed by atoms with Crippen molar-refractivity contribution < 1.29 is 218 Å². The number of aliphatic hydroxyl groups is 1. The van der Waals surface area contributed by atoms with Crippen molar-refractivity contribution in [3.63, 3.8) is 0 Å². The van der Waals surface area contributed by atoms with Gasteiger partial charge in [0, 0.05) is 157 Å². The van der Waals surface area contributed by atoms with Gasteiger partial charge in [-0.1, -0.05) is 128 Å². The van der Waals surface area contributed by atoms with Crippen LogP contribution in [-0.4, -0.2) is 198 Å². The summed E-state index contributed by atoms with van der Waals surface area (Å²) in [6.45, 7) is 24.2. The summed E-state index contributed by atoms with van der Waals surface area (Å²) in [4.78, 5) is 39.8. The molecular weight excluding hydrogens is 2120 g/mol. The summed E-state index contributed by atoms with van der Waals surface area (Å²) >= 11 is 36.6. The summed E-state index contributed by atoms with van der Waals surface area (Å²) in [5, 5.41) is 67.0. The van der Waals surface area contributed by atoms with Crippen LogP contribution in [0.2, 0.25) is 25.1 Å². The number of aliphatic hydroxyl groups excluding tert-OH is 1. The Hall–Kier alpha value is -3.22. The Morgan fingerprint density at radius 2 is 1.07 bits per heavy atom. The molecule has 2 saturated heterocycles. The molecule has 31 nitrogen and oxygen atoms in total. The molecule has 0 spiro atoms. The molecule has 2 aliphatic heterocycles. The molecule has 0 aliphatic carbocycles. The van der Waals surface area contributed by atoms with Crippen molar-refractivity contribution in [2.24, 2.45) is 0 Å². The van der Waals surface area contributed by atoms with Crippen LogP contribution in [0.3, 0.4) is 0 Å². The third-order valence-corrected chi connectivity index (χ3v) is 19.6. The fourth-order valence-electron chi connectivity index (χ4n) is 10.2. The Balaban J connectivity index is -0.000000683. The van der Waals surface area contributed by atoms with E-state index < -0.39 is 19.2 Å². The van der Waals surface area contributed by atoms with Gasteiger partial charge in [-0.15, -0.1) is 0 Å². The molecular formula is C79H104BrCl6I2K2N18NaO13S2. The number of anilines is 2. The van der Waals surface area contributed by atoms with Crippen molar-refractivity contribution in [1.29, 1.82) is 10.5 Å². The van der Waals surface area contributed by atoms with Crippen LogP contribution in [0.1, 0.15) is 129 Å². The van der Waals surface area contributed by atoms with Crippen LogP contribution in [0.5, 0.6) is 0 Å². The Bertz CT molecular complexity index is 4660. The van der Waals surface area contributed by atoms with E-state index in [-0.39, 0.29) is 224 Å². The summed E-state index contributed by atoms with van der Waals surface area (Å²) in [6, 6.07) is 43.2. The van der Waals surface area contributed by atoms with Crippen molar-refractivity contribution in [1.82, 2.24) is 69.3 Å². The first kappa shape index (κ1) is 125. The fourth-order valence-corrected chi connectivity index (χ4v) is 12.2. The predicted octanol–water partition coefficient (Wildman–Crippen LogP) is 3.14.